The van der Waals surface area contributed by atoms with E-state index in [9.17, 15) is 5.11 Å². The van der Waals surface area contributed by atoms with E-state index < -0.39 is 0 Å². The van der Waals surface area contributed by atoms with Crippen LogP contribution < -0.4 is 5.46 Å². The van der Waals surface area contributed by atoms with Gasteiger partial charge in [0.25, 0.3) is 0 Å². The molecule has 0 aliphatic rings. The van der Waals surface area contributed by atoms with Crippen molar-refractivity contribution in [2.24, 2.45) is 0 Å². The summed E-state index contributed by atoms with van der Waals surface area (Å²) in [6.45, 7) is 1.90. The van der Waals surface area contributed by atoms with Crippen LogP contribution in [0, 0.1) is 6.92 Å². The van der Waals surface area contributed by atoms with Crippen molar-refractivity contribution in [1.29, 1.82) is 0 Å². The maximum absolute atomic E-state index is 9.46. The largest absolute Gasteiger partial charge is 0.506 e. The Morgan fingerprint density at radius 2 is 2.25 bits per heavy atom. The van der Waals surface area contributed by atoms with Crippen molar-refractivity contribution in [3.63, 3.8) is 0 Å². The Labute approximate surface area is 75.3 Å². The van der Waals surface area contributed by atoms with Crippen LogP contribution >= 0.6 is 11.3 Å². The van der Waals surface area contributed by atoms with Gasteiger partial charge in [0, 0.05) is 0 Å². The summed E-state index contributed by atoms with van der Waals surface area (Å²) < 4.78 is 0.807. The average Bonchev–Trinajstić information content (AvgIpc) is 2.29. The number of benzene rings is 1. The second-order valence-electron chi connectivity index (χ2n) is 2.62. The normalized spacial score (nSPS) is 10.8. The summed E-state index contributed by atoms with van der Waals surface area (Å²) in [5.41, 5.74) is 1.32. The predicted molar refractivity (Wildman–Crippen MR) is 51.4 cm³/mol. The van der Waals surface area contributed by atoms with Crippen LogP contribution in [-0.4, -0.2) is 17.9 Å². The van der Waals surface area contributed by atoms with Crippen molar-refractivity contribution in [1.82, 2.24) is 4.98 Å². The Morgan fingerprint density at radius 3 is 3.00 bits per heavy atom. The number of hydrogen-bond donors (Lipinski definition) is 1. The van der Waals surface area contributed by atoms with Crippen LogP contribution in [0.1, 0.15) is 5.01 Å². The maximum Gasteiger partial charge on any atom is 0.134 e. The zero-order valence-electron chi connectivity index (χ0n) is 6.53. The molecular formula is C8H6BNOS. The Bertz CT molecular complexity index is 438. The van der Waals surface area contributed by atoms with Crippen LogP contribution in [-0.2, 0) is 0 Å². The lowest BCUT2D eigenvalue weighted by molar-refractivity contribution is 0.483. The third-order valence-corrected chi connectivity index (χ3v) is 2.61. The monoisotopic (exact) mass is 175 g/mol. The topological polar surface area (TPSA) is 33.1 Å². The molecule has 2 radical (unpaired) electrons. The van der Waals surface area contributed by atoms with Crippen molar-refractivity contribution in [3.05, 3.63) is 17.1 Å². The van der Waals surface area contributed by atoms with Crippen molar-refractivity contribution in [3.8, 4) is 5.75 Å². The Hall–Kier alpha value is -1.03. The van der Waals surface area contributed by atoms with Crippen molar-refractivity contribution in [2.75, 3.05) is 0 Å². The van der Waals surface area contributed by atoms with Crippen molar-refractivity contribution < 1.29 is 5.11 Å². The number of fused-ring (bicyclic) bond motifs is 1. The van der Waals surface area contributed by atoms with Gasteiger partial charge in [0.2, 0.25) is 0 Å². The fourth-order valence-corrected chi connectivity index (χ4v) is 1.96. The summed E-state index contributed by atoms with van der Waals surface area (Å²) in [4.78, 5) is 4.21. The van der Waals surface area contributed by atoms with Crippen LogP contribution in [0.15, 0.2) is 12.1 Å². The maximum atomic E-state index is 9.46. The molecule has 0 amide bonds. The molecule has 1 N–H and O–H groups in total. The molecule has 0 fully saturated rings. The van der Waals surface area contributed by atoms with Gasteiger partial charge in [0.05, 0.1) is 15.2 Å². The van der Waals surface area contributed by atoms with Gasteiger partial charge >= 0.3 is 0 Å². The first-order valence-electron chi connectivity index (χ1n) is 3.52. The fraction of sp³-hybridized carbons (Fsp3) is 0.125. The number of nitrogens with zero attached hydrogens (tertiary/aromatic N) is 1. The molecule has 4 heteroatoms. The highest BCUT2D eigenvalue weighted by Gasteiger charge is 2.04. The second kappa shape index (κ2) is 2.49. The molecule has 58 valence electrons. The number of rotatable bonds is 0. The van der Waals surface area contributed by atoms with Gasteiger partial charge in [0.15, 0.2) is 0 Å². The zero-order chi connectivity index (χ0) is 8.72. The van der Waals surface area contributed by atoms with Gasteiger partial charge in [-0.3, -0.25) is 0 Å². The number of phenols is 1. The van der Waals surface area contributed by atoms with E-state index in [-0.39, 0.29) is 5.75 Å². The quantitative estimate of drug-likeness (QED) is 0.608. The summed E-state index contributed by atoms with van der Waals surface area (Å²) in [5, 5.41) is 10.4. The number of hydrogen-bond acceptors (Lipinski definition) is 3. The molecule has 0 aliphatic carbocycles. The molecule has 1 aromatic carbocycles. The molecule has 0 spiro atoms. The van der Waals surface area contributed by atoms with Gasteiger partial charge in [-0.05, 0) is 19.1 Å². The van der Waals surface area contributed by atoms with Crippen LogP contribution in [0.4, 0.5) is 0 Å². The lowest BCUT2D eigenvalue weighted by atomic mass is 9.96. The van der Waals surface area contributed by atoms with E-state index >= 15 is 0 Å². The molecule has 0 unspecified atom stereocenters. The average molecular weight is 175 g/mol. The zero-order valence-corrected chi connectivity index (χ0v) is 7.35. The standard InChI is InChI=1S/C8H6BNOS/c1-4-10-6-2-5(9)3-7(11)8(6)12-4/h2-3,11H,1H3. The van der Waals surface area contributed by atoms with E-state index in [4.69, 9.17) is 7.85 Å². The van der Waals surface area contributed by atoms with E-state index in [1.54, 1.807) is 12.1 Å². The molecule has 2 nitrogen and oxygen atoms in total. The Morgan fingerprint density at radius 1 is 1.50 bits per heavy atom. The highest BCUT2D eigenvalue weighted by atomic mass is 32.1. The van der Waals surface area contributed by atoms with Crippen LogP contribution in [0.5, 0.6) is 5.75 Å². The first-order chi connectivity index (χ1) is 5.66. The third-order valence-electron chi connectivity index (χ3n) is 1.60. The number of phenolic OH excluding ortho intramolecular Hbond substituents is 1. The molecule has 2 rings (SSSR count). The smallest absolute Gasteiger partial charge is 0.134 e. The van der Waals surface area contributed by atoms with E-state index in [1.807, 2.05) is 6.92 Å². The molecule has 1 aromatic heterocycles. The highest BCUT2D eigenvalue weighted by Crippen LogP contribution is 2.28. The van der Waals surface area contributed by atoms with Crippen molar-refractivity contribution in [2.45, 2.75) is 6.92 Å². The van der Waals surface area contributed by atoms with E-state index in [1.165, 1.54) is 11.3 Å². The van der Waals surface area contributed by atoms with Crippen molar-refractivity contribution >= 4 is 34.9 Å². The molecule has 0 aliphatic heterocycles. The molecule has 12 heavy (non-hydrogen) atoms. The van der Waals surface area contributed by atoms with Gasteiger partial charge in [-0.25, -0.2) is 4.98 Å². The Balaban J connectivity index is 2.88. The lowest BCUT2D eigenvalue weighted by Gasteiger charge is -1.95. The highest BCUT2D eigenvalue weighted by molar-refractivity contribution is 7.18. The summed E-state index contributed by atoms with van der Waals surface area (Å²) >= 11 is 1.47. The summed E-state index contributed by atoms with van der Waals surface area (Å²) in [5.74, 6) is 0.218. The Kier molecular flexibility index (Phi) is 1.58. The molecule has 0 saturated heterocycles. The minimum atomic E-state index is 0.218. The van der Waals surface area contributed by atoms with Gasteiger partial charge in [-0.15, -0.1) is 11.3 Å². The number of aromatic nitrogens is 1. The first kappa shape index (κ1) is 7.62. The first-order valence-corrected chi connectivity index (χ1v) is 4.34. The number of thiazole rings is 1. The summed E-state index contributed by atoms with van der Waals surface area (Å²) in [6.07, 6.45) is 0. The van der Waals surface area contributed by atoms with Gasteiger partial charge in [-0.2, -0.15) is 0 Å². The lowest BCUT2D eigenvalue weighted by Crippen LogP contribution is -1.99. The SMILES string of the molecule is [B]c1cc(O)c2sc(C)nc2c1. The molecule has 2 aromatic rings. The summed E-state index contributed by atoms with van der Waals surface area (Å²) in [6, 6.07) is 3.30. The van der Waals surface area contributed by atoms with Gasteiger partial charge in [-0.1, -0.05) is 5.46 Å². The molecule has 1 heterocycles. The molecule has 0 bridgehead atoms. The molecule has 0 atom stereocenters. The van der Waals surface area contributed by atoms with Gasteiger partial charge in [0.1, 0.15) is 13.6 Å². The predicted octanol–water partition coefficient (Wildman–Crippen LogP) is 1.10. The molecule has 0 saturated carbocycles. The van der Waals surface area contributed by atoms with Gasteiger partial charge < -0.3 is 5.11 Å². The van der Waals surface area contributed by atoms with Crippen LogP contribution in [0.25, 0.3) is 10.2 Å². The van der Waals surface area contributed by atoms with Crippen LogP contribution in [0.3, 0.4) is 0 Å². The van der Waals surface area contributed by atoms with E-state index in [0.29, 0.717) is 5.46 Å². The van der Waals surface area contributed by atoms with Crippen LogP contribution in [0.2, 0.25) is 0 Å². The summed E-state index contributed by atoms with van der Waals surface area (Å²) in [7, 11) is 5.54. The fourth-order valence-electron chi connectivity index (χ4n) is 1.15. The number of aryl methyl sites for hydroxylation is 1. The second-order valence-corrected chi connectivity index (χ2v) is 3.82. The minimum Gasteiger partial charge on any atom is -0.506 e. The third kappa shape index (κ3) is 1.08. The minimum absolute atomic E-state index is 0.218. The number of aromatic hydroxyl groups is 1. The molecular weight excluding hydrogens is 169 g/mol. The van der Waals surface area contributed by atoms with E-state index in [0.717, 1.165) is 15.2 Å². The van der Waals surface area contributed by atoms with E-state index in [2.05, 4.69) is 4.98 Å².